The Bertz CT molecular complexity index is 1500. The smallest absolute Gasteiger partial charge is 0.305 e. The fourth-order valence-corrected chi connectivity index (χ4v) is 10.1. The van der Waals surface area contributed by atoms with Gasteiger partial charge in [-0.2, -0.15) is 0 Å². The topological polar surface area (TPSA) is 121 Å². The van der Waals surface area contributed by atoms with E-state index in [0.717, 1.165) is 26.8 Å². The van der Waals surface area contributed by atoms with Crippen molar-refractivity contribution in [3.63, 3.8) is 0 Å². The molecule has 2 saturated carbocycles. The lowest BCUT2D eigenvalue weighted by atomic mass is 9.68. The van der Waals surface area contributed by atoms with Crippen LogP contribution in [-0.4, -0.2) is 51.5 Å². The molecule has 2 bridgehead atoms. The first kappa shape index (κ1) is 23.7. The summed E-state index contributed by atoms with van der Waals surface area (Å²) in [7, 11) is 1.56. The van der Waals surface area contributed by atoms with Crippen molar-refractivity contribution in [1.82, 2.24) is 14.9 Å². The monoisotopic (exact) mass is 548 g/mol. The van der Waals surface area contributed by atoms with Gasteiger partial charge in [-0.1, -0.05) is 17.4 Å². The van der Waals surface area contributed by atoms with Crippen LogP contribution in [0.1, 0.15) is 22.8 Å². The first-order chi connectivity index (χ1) is 18.4. The quantitative estimate of drug-likeness (QED) is 0.470. The van der Waals surface area contributed by atoms with E-state index >= 15 is 0 Å². The van der Waals surface area contributed by atoms with E-state index in [9.17, 15) is 19.2 Å². The number of thioether (sulfide) groups is 1. The van der Waals surface area contributed by atoms with Gasteiger partial charge in [0.15, 0.2) is 0 Å². The number of rotatable bonds is 5. The Morgan fingerprint density at radius 2 is 1.89 bits per heavy atom. The summed E-state index contributed by atoms with van der Waals surface area (Å²) in [6.07, 6.45) is 4.37. The second-order valence-electron chi connectivity index (χ2n) is 10.3. The molecule has 0 radical (unpaired) electrons. The summed E-state index contributed by atoms with van der Waals surface area (Å²) in [5, 5.41) is 3.75. The van der Waals surface area contributed by atoms with Gasteiger partial charge in [-0.15, -0.1) is 11.8 Å². The molecule has 2 aliphatic heterocycles. The summed E-state index contributed by atoms with van der Waals surface area (Å²) in [5.74, 6) is -1.03. The van der Waals surface area contributed by atoms with Crippen LogP contribution < -0.4 is 14.9 Å². The van der Waals surface area contributed by atoms with Gasteiger partial charge in [-0.3, -0.25) is 29.1 Å². The van der Waals surface area contributed by atoms with E-state index in [1.165, 1.54) is 11.3 Å². The van der Waals surface area contributed by atoms with Crippen molar-refractivity contribution in [3.8, 4) is 5.75 Å². The SMILES string of the molecule is COc1ccc(NC(=O)CN2C(=O)C3C4CC(C3C2=O)C2C4Sc3[nH]c(=O)sc3[C@@H]2c2cccnc2)cc1. The number of hydrogen-bond donors (Lipinski definition) is 2. The molecule has 194 valence electrons. The molecule has 0 spiro atoms. The van der Waals surface area contributed by atoms with Gasteiger partial charge in [0.1, 0.15) is 12.3 Å². The van der Waals surface area contributed by atoms with E-state index in [-0.39, 0.29) is 52.2 Å². The molecule has 4 aliphatic rings. The van der Waals surface area contributed by atoms with Crippen LogP contribution in [0.3, 0.4) is 0 Å². The van der Waals surface area contributed by atoms with E-state index in [2.05, 4.69) is 15.3 Å². The van der Waals surface area contributed by atoms with Crippen LogP contribution >= 0.6 is 23.1 Å². The second-order valence-corrected chi connectivity index (χ2v) is 12.5. The molecule has 1 aromatic carbocycles. The maximum absolute atomic E-state index is 13.7. The number of nitrogens with one attached hydrogen (secondary N) is 2. The number of benzene rings is 1. The van der Waals surface area contributed by atoms with E-state index < -0.39 is 17.7 Å². The molecular weight excluding hydrogens is 524 g/mol. The van der Waals surface area contributed by atoms with E-state index in [1.54, 1.807) is 49.3 Å². The highest BCUT2D eigenvalue weighted by atomic mass is 32.2. The zero-order valence-corrected chi connectivity index (χ0v) is 22.0. The highest BCUT2D eigenvalue weighted by molar-refractivity contribution is 8.00. The highest BCUT2D eigenvalue weighted by Gasteiger charge is 2.69. The highest BCUT2D eigenvalue weighted by Crippen LogP contribution is 2.68. The lowest BCUT2D eigenvalue weighted by Crippen LogP contribution is -2.42. The zero-order chi connectivity index (χ0) is 26.1. The number of hydrogen-bond acceptors (Lipinski definition) is 8. The molecule has 3 amide bonds. The van der Waals surface area contributed by atoms with Crippen molar-refractivity contribution < 1.29 is 19.1 Å². The summed E-state index contributed by atoms with van der Waals surface area (Å²) in [4.78, 5) is 61.7. The van der Waals surface area contributed by atoms with Gasteiger partial charge in [-0.25, -0.2) is 0 Å². The fourth-order valence-electron chi connectivity index (χ4n) is 7.19. The summed E-state index contributed by atoms with van der Waals surface area (Å²) in [5.41, 5.74) is 1.59. The van der Waals surface area contributed by atoms with E-state index in [4.69, 9.17) is 4.74 Å². The number of methoxy groups -OCH3 is 1. The van der Waals surface area contributed by atoms with Gasteiger partial charge in [0.2, 0.25) is 17.7 Å². The third-order valence-electron chi connectivity index (χ3n) is 8.53. The molecule has 1 saturated heterocycles. The van der Waals surface area contributed by atoms with Gasteiger partial charge in [0.25, 0.3) is 0 Å². The molecule has 3 aromatic rings. The number of H-pyrrole nitrogens is 1. The zero-order valence-electron chi connectivity index (χ0n) is 20.3. The second kappa shape index (κ2) is 8.81. The number of aromatic amines is 1. The number of aromatic nitrogens is 2. The van der Waals surface area contributed by atoms with Gasteiger partial charge in [0, 0.05) is 34.1 Å². The predicted octanol–water partition coefficient (Wildman–Crippen LogP) is 2.95. The number of thiazole rings is 1. The number of likely N-dealkylation sites (tertiary alicyclic amines) is 1. The molecule has 7 rings (SSSR count). The van der Waals surface area contributed by atoms with Gasteiger partial charge in [0.05, 0.1) is 24.0 Å². The molecule has 4 heterocycles. The van der Waals surface area contributed by atoms with Crippen molar-refractivity contribution in [2.75, 3.05) is 19.0 Å². The van der Waals surface area contributed by atoms with E-state index in [0.29, 0.717) is 11.4 Å². The lowest BCUT2D eigenvalue weighted by molar-refractivity contribution is -0.143. The number of ether oxygens (including phenoxy) is 1. The van der Waals surface area contributed by atoms with Crippen LogP contribution in [0.25, 0.3) is 0 Å². The average molecular weight is 549 g/mol. The number of carbonyl (C=O) groups is 3. The van der Waals surface area contributed by atoms with Crippen LogP contribution in [-0.2, 0) is 14.4 Å². The van der Waals surface area contributed by atoms with Crippen LogP contribution in [0.5, 0.6) is 5.75 Å². The molecule has 2 aliphatic carbocycles. The number of anilines is 1. The molecule has 2 N–H and O–H groups in total. The number of fused-ring (bicyclic) bond motifs is 9. The Morgan fingerprint density at radius 1 is 1.13 bits per heavy atom. The molecule has 9 nitrogen and oxygen atoms in total. The van der Waals surface area contributed by atoms with Crippen molar-refractivity contribution >= 4 is 46.5 Å². The Balaban J connectivity index is 1.16. The summed E-state index contributed by atoms with van der Waals surface area (Å²) >= 11 is 2.87. The van der Waals surface area contributed by atoms with Crippen LogP contribution in [0.2, 0.25) is 0 Å². The predicted molar refractivity (Wildman–Crippen MR) is 141 cm³/mol. The van der Waals surface area contributed by atoms with Crippen LogP contribution in [0.15, 0.2) is 58.6 Å². The number of carbonyl (C=O) groups excluding carboxylic acids is 3. The van der Waals surface area contributed by atoms with Crippen molar-refractivity contribution in [2.24, 2.45) is 29.6 Å². The minimum Gasteiger partial charge on any atom is -0.497 e. The molecule has 2 aromatic heterocycles. The Morgan fingerprint density at radius 3 is 2.61 bits per heavy atom. The molecule has 7 atom stereocenters. The Hall–Kier alpha value is -3.44. The van der Waals surface area contributed by atoms with Crippen molar-refractivity contribution in [2.45, 2.75) is 22.6 Å². The number of imide groups is 1. The lowest BCUT2D eigenvalue weighted by Gasteiger charge is -2.42. The summed E-state index contributed by atoms with van der Waals surface area (Å²) < 4.78 is 5.14. The standard InChI is InChI=1S/C27H24N4O5S2/c1-36-14-6-4-13(5-7-14)29-17(32)11-31-25(33)20-15-9-16(21(20)26(31)34)22-19(15)18(12-3-2-8-28-10-12)23-24(37-22)30-27(35)38-23/h2-8,10,15-16,18-22H,9,11H2,1H3,(H,29,32)(H,30,35)/t15?,16?,18-,19?,20?,21?,22?/m1/s1. The fraction of sp³-hybridized carbons (Fsp3) is 0.370. The first-order valence-corrected chi connectivity index (χ1v) is 14.2. The third kappa shape index (κ3) is 3.48. The molecule has 11 heteroatoms. The largest absolute Gasteiger partial charge is 0.497 e. The summed E-state index contributed by atoms with van der Waals surface area (Å²) in [6, 6.07) is 10.8. The van der Waals surface area contributed by atoms with Gasteiger partial charge >= 0.3 is 4.87 Å². The maximum atomic E-state index is 13.7. The van der Waals surface area contributed by atoms with E-state index in [1.807, 2.05) is 18.3 Å². The third-order valence-corrected chi connectivity index (χ3v) is 11.1. The minimum atomic E-state index is -0.431. The van der Waals surface area contributed by atoms with Gasteiger partial charge in [-0.05, 0) is 60.1 Å². The number of nitrogens with zero attached hydrogens (tertiary/aromatic N) is 2. The van der Waals surface area contributed by atoms with Gasteiger partial charge < -0.3 is 15.0 Å². The van der Waals surface area contributed by atoms with Crippen LogP contribution in [0, 0.1) is 29.6 Å². The Labute approximate surface area is 226 Å². The van der Waals surface area contributed by atoms with Crippen LogP contribution in [0.4, 0.5) is 5.69 Å². The first-order valence-electron chi connectivity index (χ1n) is 12.5. The average Bonchev–Trinajstić information content (AvgIpc) is 3.65. The number of pyridine rings is 1. The number of amides is 3. The normalized spacial score (nSPS) is 30.7. The summed E-state index contributed by atoms with van der Waals surface area (Å²) in [6.45, 7) is -0.300. The molecule has 38 heavy (non-hydrogen) atoms. The molecule has 6 unspecified atom stereocenters. The van der Waals surface area contributed by atoms with Crippen molar-refractivity contribution in [1.29, 1.82) is 0 Å². The molecule has 3 fully saturated rings. The van der Waals surface area contributed by atoms with Crippen molar-refractivity contribution in [3.05, 3.63) is 68.9 Å². The maximum Gasteiger partial charge on any atom is 0.305 e. The minimum absolute atomic E-state index is 0.00385. The molecular formula is C27H24N4O5S2. The Kier molecular flexibility index (Phi) is 5.48.